The maximum absolute atomic E-state index is 10.9. The summed E-state index contributed by atoms with van der Waals surface area (Å²) in [5, 5.41) is 10.0. The topological polar surface area (TPSA) is 86.6 Å². The number of piperazine rings is 1. The molecule has 2 heterocycles. The lowest BCUT2D eigenvalue weighted by Gasteiger charge is -2.34. The van der Waals surface area contributed by atoms with Crippen molar-refractivity contribution in [1.29, 1.82) is 0 Å². The van der Waals surface area contributed by atoms with Crippen molar-refractivity contribution in [3.8, 4) is 16.9 Å². The zero-order valence-electron chi connectivity index (χ0n) is 16.5. The van der Waals surface area contributed by atoms with Crippen LogP contribution in [0.4, 0.5) is 5.82 Å². The Hall–Kier alpha value is -2.71. The second kappa shape index (κ2) is 7.96. The van der Waals surface area contributed by atoms with E-state index in [2.05, 4.69) is 9.88 Å². The van der Waals surface area contributed by atoms with Gasteiger partial charge in [0.2, 0.25) is 0 Å². The quantitative estimate of drug-likeness (QED) is 0.636. The Kier molecular flexibility index (Phi) is 5.38. The number of phenols is 1. The van der Waals surface area contributed by atoms with E-state index in [1.807, 2.05) is 49.1 Å². The second-order valence-electron chi connectivity index (χ2n) is 7.47. The van der Waals surface area contributed by atoms with Crippen LogP contribution in [0, 0.1) is 13.8 Å². The van der Waals surface area contributed by atoms with Crippen molar-refractivity contribution < 1.29 is 13.5 Å². The number of thiol groups is 1. The monoisotopic (exact) mass is 412 g/mol. The third-order valence-electron chi connectivity index (χ3n) is 5.37. The Morgan fingerprint density at radius 3 is 2.31 bits per heavy atom. The number of fused-ring (bicyclic) bond motifs is 1. The number of hydrogen-bond acceptors (Lipinski definition) is 7. The molecular weight excluding hydrogens is 388 g/mol. The number of nitrogens with zero attached hydrogens (tertiary/aromatic N) is 4. The van der Waals surface area contributed by atoms with Gasteiger partial charge < -0.3 is 10.0 Å². The van der Waals surface area contributed by atoms with Crippen molar-refractivity contribution in [3.05, 3.63) is 47.7 Å². The Morgan fingerprint density at radius 1 is 0.966 bits per heavy atom. The molecule has 29 heavy (non-hydrogen) atoms. The van der Waals surface area contributed by atoms with Crippen LogP contribution in [0.2, 0.25) is 0 Å². The van der Waals surface area contributed by atoms with Gasteiger partial charge in [0.1, 0.15) is 11.6 Å². The van der Waals surface area contributed by atoms with Crippen molar-refractivity contribution in [1.82, 2.24) is 14.9 Å². The van der Waals surface area contributed by atoms with E-state index < -0.39 is 10.7 Å². The van der Waals surface area contributed by atoms with E-state index >= 15 is 0 Å². The molecular formula is C21H24N4O3S. The minimum atomic E-state index is -2.38. The number of benzene rings is 2. The van der Waals surface area contributed by atoms with E-state index in [1.165, 1.54) is 0 Å². The molecule has 1 aliphatic heterocycles. The van der Waals surface area contributed by atoms with E-state index in [4.69, 9.17) is 4.98 Å². The number of hydrogen-bond donors (Lipinski definition) is 2. The minimum absolute atomic E-state index is 0.112. The molecule has 0 aliphatic carbocycles. The van der Waals surface area contributed by atoms with Gasteiger partial charge >= 0.3 is 0 Å². The van der Waals surface area contributed by atoms with Crippen LogP contribution in [0.3, 0.4) is 0 Å². The third kappa shape index (κ3) is 4.18. The molecule has 1 fully saturated rings. The smallest absolute Gasteiger partial charge is 0.153 e. The van der Waals surface area contributed by atoms with Crippen molar-refractivity contribution in [2.24, 2.45) is 0 Å². The molecule has 0 amide bonds. The lowest BCUT2D eigenvalue weighted by molar-refractivity contribution is 0.295. The predicted molar refractivity (Wildman–Crippen MR) is 115 cm³/mol. The number of anilines is 1. The van der Waals surface area contributed by atoms with Crippen LogP contribution in [-0.2, 0) is 10.7 Å². The average Bonchev–Trinajstić information content (AvgIpc) is 2.71. The van der Waals surface area contributed by atoms with Gasteiger partial charge in [0, 0.05) is 26.2 Å². The lowest BCUT2D eigenvalue weighted by atomic mass is 9.99. The summed E-state index contributed by atoms with van der Waals surface area (Å²) in [7, 11) is -2.38. The molecule has 0 radical (unpaired) electrons. The van der Waals surface area contributed by atoms with Crippen molar-refractivity contribution >= 4 is 27.6 Å². The van der Waals surface area contributed by atoms with Gasteiger partial charge in [-0.2, -0.15) is 0 Å². The van der Waals surface area contributed by atoms with Gasteiger partial charge in [-0.25, -0.2) is 13.4 Å². The molecule has 0 unspecified atom stereocenters. The number of rotatable bonds is 4. The highest BCUT2D eigenvalue weighted by Crippen LogP contribution is 2.30. The van der Waals surface area contributed by atoms with Crippen LogP contribution in [0.15, 0.2) is 36.5 Å². The molecule has 1 aromatic heterocycles. The molecule has 8 heteroatoms. The summed E-state index contributed by atoms with van der Waals surface area (Å²) in [6.07, 6.45) is 1.78. The SMILES string of the molecule is Cc1cc(-c2ccc3ncc(N4CCN(C[SH](=O)=O)CC4)nc3c2)cc(C)c1O. The van der Waals surface area contributed by atoms with Crippen LogP contribution in [0.5, 0.6) is 5.75 Å². The van der Waals surface area contributed by atoms with Crippen LogP contribution >= 0.6 is 0 Å². The van der Waals surface area contributed by atoms with Gasteiger partial charge in [-0.05, 0) is 60.4 Å². The first-order valence-corrected chi connectivity index (χ1v) is 10.9. The lowest BCUT2D eigenvalue weighted by Crippen LogP contribution is -2.47. The van der Waals surface area contributed by atoms with E-state index in [9.17, 15) is 13.5 Å². The largest absolute Gasteiger partial charge is 0.507 e. The molecule has 1 saturated heterocycles. The molecule has 7 nitrogen and oxygen atoms in total. The second-order valence-corrected chi connectivity index (χ2v) is 8.42. The van der Waals surface area contributed by atoms with Crippen molar-refractivity contribution in [2.75, 3.05) is 37.0 Å². The van der Waals surface area contributed by atoms with Gasteiger partial charge in [0.15, 0.2) is 10.7 Å². The molecule has 1 N–H and O–H groups in total. The van der Waals surface area contributed by atoms with Crippen LogP contribution in [-0.4, -0.2) is 60.4 Å². The molecule has 152 valence electrons. The van der Waals surface area contributed by atoms with Crippen molar-refractivity contribution in [3.63, 3.8) is 0 Å². The molecule has 2 aromatic carbocycles. The van der Waals surface area contributed by atoms with Gasteiger partial charge in [-0.3, -0.25) is 9.88 Å². The fourth-order valence-electron chi connectivity index (χ4n) is 3.74. The van der Waals surface area contributed by atoms with Crippen LogP contribution in [0.1, 0.15) is 11.1 Å². The zero-order chi connectivity index (χ0) is 20.5. The fourth-order valence-corrected chi connectivity index (χ4v) is 4.35. The maximum atomic E-state index is 10.9. The Bertz CT molecular complexity index is 1110. The van der Waals surface area contributed by atoms with E-state index in [0.29, 0.717) is 18.8 Å². The molecule has 0 bridgehead atoms. The standard InChI is InChI=1S/C21H24N4O3S/c1-14-9-17(10-15(2)21(14)26)16-3-4-18-19(11-16)23-20(12-22-18)25-7-5-24(6-8-25)13-29(27)28/h3-4,9-12,26,29H,5-8,13H2,1-2H3. The van der Waals surface area contributed by atoms with Crippen molar-refractivity contribution in [2.45, 2.75) is 13.8 Å². The van der Waals surface area contributed by atoms with E-state index in [0.717, 1.165) is 52.2 Å². The molecule has 1 aliphatic rings. The minimum Gasteiger partial charge on any atom is -0.507 e. The number of aryl methyl sites for hydroxylation is 2. The van der Waals surface area contributed by atoms with Gasteiger partial charge in [-0.15, -0.1) is 0 Å². The Labute approximate surface area is 171 Å². The van der Waals surface area contributed by atoms with Gasteiger partial charge in [0.05, 0.1) is 23.1 Å². The van der Waals surface area contributed by atoms with Gasteiger partial charge in [0.25, 0.3) is 0 Å². The number of phenolic OH excluding ortho intramolecular Hbond substituents is 1. The van der Waals surface area contributed by atoms with Crippen LogP contribution < -0.4 is 4.90 Å². The molecule has 3 aromatic rings. The Balaban J connectivity index is 1.61. The zero-order valence-corrected chi connectivity index (χ0v) is 17.4. The summed E-state index contributed by atoms with van der Waals surface area (Å²) in [4.78, 5) is 13.4. The summed E-state index contributed by atoms with van der Waals surface area (Å²) in [6.45, 7) is 6.62. The first-order chi connectivity index (χ1) is 13.9. The van der Waals surface area contributed by atoms with E-state index in [1.54, 1.807) is 6.20 Å². The Morgan fingerprint density at radius 2 is 1.66 bits per heavy atom. The summed E-state index contributed by atoms with van der Waals surface area (Å²) in [5.74, 6) is 1.25. The first-order valence-electron chi connectivity index (χ1n) is 9.57. The summed E-state index contributed by atoms with van der Waals surface area (Å²) in [5.41, 5.74) is 5.39. The summed E-state index contributed by atoms with van der Waals surface area (Å²) >= 11 is 0. The average molecular weight is 413 g/mol. The normalized spacial score (nSPS) is 15.3. The van der Waals surface area contributed by atoms with E-state index in [-0.39, 0.29) is 5.88 Å². The predicted octanol–water partition coefficient (Wildman–Crippen LogP) is 2.31. The summed E-state index contributed by atoms with van der Waals surface area (Å²) in [6, 6.07) is 9.95. The summed E-state index contributed by atoms with van der Waals surface area (Å²) < 4.78 is 21.8. The number of aromatic hydroxyl groups is 1. The molecule has 4 rings (SSSR count). The highest BCUT2D eigenvalue weighted by molar-refractivity contribution is 7.72. The first kappa shape index (κ1) is 19.6. The van der Waals surface area contributed by atoms with Crippen LogP contribution in [0.25, 0.3) is 22.2 Å². The molecule has 0 atom stereocenters. The van der Waals surface area contributed by atoms with Gasteiger partial charge in [-0.1, -0.05) is 6.07 Å². The highest BCUT2D eigenvalue weighted by Gasteiger charge is 2.19. The third-order valence-corrected chi connectivity index (χ3v) is 6.00. The number of aromatic nitrogens is 2. The molecule has 0 saturated carbocycles. The molecule has 0 spiro atoms. The fraction of sp³-hybridized carbons (Fsp3) is 0.333. The highest BCUT2D eigenvalue weighted by atomic mass is 32.2. The maximum Gasteiger partial charge on any atom is 0.153 e.